The molecule has 0 aromatic heterocycles. The maximum absolute atomic E-state index is 13.1. The normalized spacial score (nSPS) is 20.5. The van der Waals surface area contributed by atoms with Crippen LogP contribution in [0.3, 0.4) is 0 Å². The molecule has 1 nitrogen and oxygen atoms in total. The molecule has 0 heterocycles. The molecule has 0 saturated carbocycles. The number of nitrogens with two attached hydrogens (primary N) is 1. The standard InChI is InChI=1S/C9H8Cl2FN/c10-8-4-1-2-7(13)5(4)3-6(12)9(8)11/h3,7H,1-2,13H2. The maximum Gasteiger partial charge on any atom is 0.143 e. The lowest BCUT2D eigenvalue weighted by Crippen LogP contribution is -2.05. The van der Waals surface area contributed by atoms with Gasteiger partial charge in [0.25, 0.3) is 0 Å². The minimum Gasteiger partial charge on any atom is -0.324 e. The van der Waals surface area contributed by atoms with Crippen LogP contribution in [0.4, 0.5) is 4.39 Å². The Hall–Kier alpha value is -0.310. The van der Waals surface area contributed by atoms with Crippen LogP contribution in [0.1, 0.15) is 23.6 Å². The fourth-order valence-corrected chi connectivity index (χ4v) is 2.15. The number of hydrogen-bond donors (Lipinski definition) is 1. The second-order valence-electron chi connectivity index (χ2n) is 3.20. The van der Waals surface area contributed by atoms with Crippen LogP contribution in [-0.4, -0.2) is 0 Å². The molecule has 70 valence electrons. The average Bonchev–Trinajstić information content (AvgIpc) is 2.45. The van der Waals surface area contributed by atoms with Crippen LogP contribution in [-0.2, 0) is 6.42 Å². The zero-order chi connectivity index (χ0) is 9.59. The number of hydrogen-bond acceptors (Lipinski definition) is 1. The molecule has 2 N–H and O–H groups in total. The van der Waals surface area contributed by atoms with Crippen LogP contribution in [0.15, 0.2) is 6.07 Å². The molecule has 1 aliphatic carbocycles. The Bertz CT molecular complexity index is 365. The van der Waals surface area contributed by atoms with Crippen molar-refractivity contribution in [1.29, 1.82) is 0 Å². The van der Waals surface area contributed by atoms with Gasteiger partial charge in [0.2, 0.25) is 0 Å². The van der Waals surface area contributed by atoms with Gasteiger partial charge in [-0.25, -0.2) is 4.39 Å². The summed E-state index contributed by atoms with van der Waals surface area (Å²) in [5.41, 5.74) is 7.47. The van der Waals surface area contributed by atoms with E-state index in [0.717, 1.165) is 24.0 Å². The largest absolute Gasteiger partial charge is 0.324 e. The van der Waals surface area contributed by atoms with Crippen LogP contribution < -0.4 is 5.73 Å². The van der Waals surface area contributed by atoms with E-state index in [1.165, 1.54) is 6.07 Å². The summed E-state index contributed by atoms with van der Waals surface area (Å²) in [6.45, 7) is 0. The molecule has 1 aromatic carbocycles. The van der Waals surface area contributed by atoms with Gasteiger partial charge in [-0.2, -0.15) is 0 Å². The van der Waals surface area contributed by atoms with E-state index in [-0.39, 0.29) is 11.1 Å². The van der Waals surface area contributed by atoms with Gasteiger partial charge < -0.3 is 5.73 Å². The second kappa shape index (κ2) is 3.12. The van der Waals surface area contributed by atoms with E-state index in [9.17, 15) is 4.39 Å². The van der Waals surface area contributed by atoms with Crippen molar-refractivity contribution in [2.24, 2.45) is 5.73 Å². The highest BCUT2D eigenvalue weighted by Crippen LogP contribution is 2.39. The van der Waals surface area contributed by atoms with Gasteiger partial charge in [0.1, 0.15) is 5.82 Å². The maximum atomic E-state index is 13.1. The van der Waals surface area contributed by atoms with Gasteiger partial charge >= 0.3 is 0 Å². The summed E-state index contributed by atoms with van der Waals surface area (Å²) in [4.78, 5) is 0. The molecule has 0 amide bonds. The molecule has 0 saturated heterocycles. The highest BCUT2D eigenvalue weighted by atomic mass is 35.5. The number of rotatable bonds is 0. The van der Waals surface area contributed by atoms with Gasteiger partial charge in [0.05, 0.1) is 10.0 Å². The van der Waals surface area contributed by atoms with E-state index in [1.807, 2.05) is 0 Å². The van der Waals surface area contributed by atoms with E-state index < -0.39 is 5.82 Å². The lowest BCUT2D eigenvalue weighted by Gasteiger charge is -2.07. The molecule has 4 heteroatoms. The summed E-state index contributed by atoms with van der Waals surface area (Å²) in [6, 6.07) is 1.29. The molecule has 0 radical (unpaired) electrons. The van der Waals surface area contributed by atoms with E-state index >= 15 is 0 Å². The van der Waals surface area contributed by atoms with Crippen molar-refractivity contribution in [3.05, 3.63) is 33.1 Å². The number of benzene rings is 1. The molecule has 0 bridgehead atoms. The van der Waals surface area contributed by atoms with Crippen LogP contribution in [0.2, 0.25) is 10.0 Å². The lowest BCUT2D eigenvalue weighted by molar-refractivity contribution is 0.622. The van der Waals surface area contributed by atoms with Crippen molar-refractivity contribution in [3.63, 3.8) is 0 Å². The third-order valence-electron chi connectivity index (χ3n) is 2.40. The Labute approximate surface area is 85.6 Å². The second-order valence-corrected chi connectivity index (χ2v) is 3.96. The third-order valence-corrected chi connectivity index (χ3v) is 3.29. The topological polar surface area (TPSA) is 26.0 Å². The average molecular weight is 220 g/mol. The Kier molecular flexibility index (Phi) is 2.22. The summed E-state index contributed by atoms with van der Waals surface area (Å²) in [5, 5.41) is 0.333. The van der Waals surface area contributed by atoms with Crippen molar-refractivity contribution < 1.29 is 4.39 Å². The van der Waals surface area contributed by atoms with Gasteiger partial charge in [-0.3, -0.25) is 0 Å². The molecule has 0 fully saturated rings. The first-order valence-electron chi connectivity index (χ1n) is 4.03. The monoisotopic (exact) mass is 219 g/mol. The van der Waals surface area contributed by atoms with Gasteiger partial charge in [0, 0.05) is 6.04 Å². The lowest BCUT2D eigenvalue weighted by atomic mass is 10.1. The third kappa shape index (κ3) is 1.33. The summed E-state index contributed by atoms with van der Waals surface area (Å²) < 4.78 is 13.1. The fraction of sp³-hybridized carbons (Fsp3) is 0.333. The van der Waals surface area contributed by atoms with E-state index in [4.69, 9.17) is 28.9 Å². The van der Waals surface area contributed by atoms with Crippen molar-refractivity contribution in [2.75, 3.05) is 0 Å². The Balaban J connectivity index is 2.67. The molecule has 1 aliphatic rings. The molecule has 0 aliphatic heterocycles. The van der Waals surface area contributed by atoms with Crippen LogP contribution in [0.5, 0.6) is 0 Å². The van der Waals surface area contributed by atoms with Crippen LogP contribution >= 0.6 is 23.2 Å². The molecular weight excluding hydrogens is 212 g/mol. The van der Waals surface area contributed by atoms with Gasteiger partial charge in [-0.05, 0) is 30.0 Å². The zero-order valence-corrected chi connectivity index (χ0v) is 8.29. The van der Waals surface area contributed by atoms with E-state index in [2.05, 4.69) is 0 Å². The Morgan fingerprint density at radius 1 is 1.38 bits per heavy atom. The first-order chi connectivity index (χ1) is 6.11. The predicted octanol–water partition coefficient (Wildman–Crippen LogP) is 3.08. The summed E-state index contributed by atoms with van der Waals surface area (Å²) >= 11 is 11.5. The van der Waals surface area contributed by atoms with Crippen molar-refractivity contribution >= 4 is 23.2 Å². The minimum atomic E-state index is -0.484. The molecular formula is C9H8Cl2FN. The molecule has 1 atom stereocenters. The number of halogens is 3. The SMILES string of the molecule is NC1CCc2c1cc(F)c(Cl)c2Cl. The number of fused-ring (bicyclic) bond motifs is 1. The highest BCUT2D eigenvalue weighted by Gasteiger charge is 2.24. The summed E-state index contributed by atoms with van der Waals surface area (Å²) in [6.07, 6.45) is 1.60. The molecule has 1 unspecified atom stereocenters. The summed E-state index contributed by atoms with van der Waals surface area (Å²) in [5.74, 6) is -0.484. The smallest absolute Gasteiger partial charge is 0.143 e. The van der Waals surface area contributed by atoms with Gasteiger partial charge in [-0.15, -0.1) is 0 Å². The molecule has 13 heavy (non-hydrogen) atoms. The predicted molar refractivity (Wildman–Crippen MR) is 51.7 cm³/mol. The van der Waals surface area contributed by atoms with Gasteiger partial charge in [0.15, 0.2) is 0 Å². The first kappa shape index (κ1) is 9.25. The van der Waals surface area contributed by atoms with E-state index in [0.29, 0.717) is 5.02 Å². The van der Waals surface area contributed by atoms with Crippen LogP contribution in [0, 0.1) is 5.82 Å². The van der Waals surface area contributed by atoms with Crippen molar-refractivity contribution in [1.82, 2.24) is 0 Å². The van der Waals surface area contributed by atoms with Crippen LogP contribution in [0.25, 0.3) is 0 Å². The van der Waals surface area contributed by atoms with E-state index in [1.54, 1.807) is 0 Å². The Morgan fingerprint density at radius 2 is 2.08 bits per heavy atom. The summed E-state index contributed by atoms with van der Waals surface area (Å²) in [7, 11) is 0. The molecule has 1 aromatic rings. The fourth-order valence-electron chi connectivity index (χ4n) is 1.69. The van der Waals surface area contributed by atoms with Crippen molar-refractivity contribution in [3.8, 4) is 0 Å². The first-order valence-corrected chi connectivity index (χ1v) is 4.78. The molecule has 0 spiro atoms. The highest BCUT2D eigenvalue weighted by molar-refractivity contribution is 6.42. The van der Waals surface area contributed by atoms with Gasteiger partial charge in [-0.1, -0.05) is 23.2 Å². The Morgan fingerprint density at radius 3 is 2.77 bits per heavy atom. The zero-order valence-electron chi connectivity index (χ0n) is 6.78. The van der Waals surface area contributed by atoms with Crippen molar-refractivity contribution in [2.45, 2.75) is 18.9 Å². The minimum absolute atomic E-state index is 0.00881. The quantitative estimate of drug-likeness (QED) is 0.668. The molecule has 2 rings (SSSR count).